The molecule has 0 amide bonds. The third kappa shape index (κ3) is 3.86. The summed E-state index contributed by atoms with van der Waals surface area (Å²) in [7, 11) is 0. The minimum Gasteiger partial charge on any atom is -0.360 e. The average molecular weight is 297 g/mol. The van der Waals surface area contributed by atoms with Crippen LogP contribution in [0.15, 0.2) is 18.2 Å². The van der Waals surface area contributed by atoms with Gasteiger partial charge in [0.15, 0.2) is 5.11 Å². The van der Waals surface area contributed by atoms with Crippen molar-refractivity contribution in [3.63, 3.8) is 0 Å². The molecule has 0 unspecified atom stereocenters. The molecule has 1 aliphatic rings. The number of nitro groups is 1. The summed E-state index contributed by atoms with van der Waals surface area (Å²) in [4.78, 5) is 10.1. The van der Waals surface area contributed by atoms with Gasteiger partial charge in [0.2, 0.25) is 0 Å². The van der Waals surface area contributed by atoms with Crippen molar-refractivity contribution in [1.29, 1.82) is 0 Å². The van der Waals surface area contributed by atoms with E-state index in [2.05, 4.69) is 10.6 Å². The summed E-state index contributed by atoms with van der Waals surface area (Å²) in [6.07, 6.45) is 5.63. The highest BCUT2D eigenvalue weighted by Gasteiger charge is 2.16. The Kier molecular flexibility index (Phi) is 4.84. The predicted molar refractivity (Wildman–Crippen MR) is 79.3 cm³/mol. The van der Waals surface area contributed by atoms with Crippen LogP contribution in [-0.2, 0) is 0 Å². The van der Waals surface area contributed by atoms with Gasteiger partial charge in [0.05, 0.1) is 10.6 Å². The third-order valence-corrected chi connectivity index (χ3v) is 3.57. The van der Waals surface area contributed by atoms with Gasteiger partial charge in [-0.3, -0.25) is 10.1 Å². The van der Waals surface area contributed by atoms with Crippen LogP contribution in [0.1, 0.15) is 32.1 Å². The second kappa shape index (κ2) is 6.60. The number of non-ortho nitro benzene ring substituents is 1. The van der Waals surface area contributed by atoms with E-state index in [1.54, 1.807) is 0 Å². The van der Waals surface area contributed by atoms with Gasteiger partial charge in [-0.05, 0) is 31.1 Å². The Labute approximate surface area is 121 Å². The van der Waals surface area contributed by atoms with Gasteiger partial charge >= 0.3 is 0 Å². The summed E-state index contributed by atoms with van der Waals surface area (Å²) in [6.45, 7) is 0. The first kappa shape index (κ1) is 14.6. The minimum atomic E-state index is -0.567. The second-order valence-electron chi connectivity index (χ2n) is 4.85. The van der Waals surface area contributed by atoms with Gasteiger partial charge in [-0.15, -0.1) is 0 Å². The molecular weight excluding hydrogens is 281 g/mol. The van der Waals surface area contributed by atoms with Crippen molar-refractivity contribution in [1.82, 2.24) is 5.32 Å². The SMILES string of the molecule is O=[N+]([O-])c1ccc(F)c(NC(=S)NC2CCCCC2)c1. The summed E-state index contributed by atoms with van der Waals surface area (Å²) in [6, 6.07) is 3.62. The van der Waals surface area contributed by atoms with Gasteiger partial charge in [0.1, 0.15) is 5.82 Å². The normalized spacial score (nSPS) is 15.7. The predicted octanol–water partition coefficient (Wildman–Crippen LogP) is 3.35. The summed E-state index contributed by atoms with van der Waals surface area (Å²) < 4.78 is 13.6. The van der Waals surface area contributed by atoms with Crippen LogP contribution in [0.4, 0.5) is 15.8 Å². The molecule has 0 aromatic heterocycles. The lowest BCUT2D eigenvalue weighted by atomic mass is 9.96. The molecule has 0 spiro atoms. The molecule has 0 atom stereocenters. The highest BCUT2D eigenvalue weighted by molar-refractivity contribution is 7.80. The molecular formula is C13H16FN3O2S. The standard InChI is InChI=1S/C13H16FN3O2S/c14-11-7-6-10(17(18)19)8-12(11)16-13(20)15-9-4-2-1-3-5-9/h6-9H,1-5H2,(H2,15,16,20). The molecule has 108 valence electrons. The van der Waals surface area contributed by atoms with Crippen LogP contribution in [0.25, 0.3) is 0 Å². The van der Waals surface area contributed by atoms with Crippen LogP contribution < -0.4 is 10.6 Å². The van der Waals surface area contributed by atoms with Crippen molar-refractivity contribution >= 4 is 28.7 Å². The van der Waals surface area contributed by atoms with Crippen molar-refractivity contribution in [2.75, 3.05) is 5.32 Å². The zero-order valence-electron chi connectivity index (χ0n) is 10.9. The van der Waals surface area contributed by atoms with Gasteiger partial charge in [-0.2, -0.15) is 0 Å². The lowest BCUT2D eigenvalue weighted by Crippen LogP contribution is -2.39. The van der Waals surface area contributed by atoms with E-state index in [0.717, 1.165) is 43.9 Å². The Morgan fingerprint density at radius 2 is 2.05 bits per heavy atom. The van der Waals surface area contributed by atoms with Crippen LogP contribution in [0.3, 0.4) is 0 Å². The zero-order valence-corrected chi connectivity index (χ0v) is 11.7. The number of nitrogens with zero attached hydrogens (tertiary/aromatic N) is 1. The highest BCUT2D eigenvalue weighted by Crippen LogP contribution is 2.22. The molecule has 1 aromatic carbocycles. The van der Waals surface area contributed by atoms with Crippen molar-refractivity contribution in [3.05, 3.63) is 34.1 Å². The van der Waals surface area contributed by atoms with Crippen LogP contribution in [0.5, 0.6) is 0 Å². The Balaban J connectivity index is 1.99. The fourth-order valence-electron chi connectivity index (χ4n) is 2.31. The van der Waals surface area contributed by atoms with E-state index in [9.17, 15) is 14.5 Å². The molecule has 0 saturated heterocycles. The first-order chi connectivity index (χ1) is 9.56. The molecule has 0 heterocycles. The van der Waals surface area contributed by atoms with Gasteiger partial charge < -0.3 is 10.6 Å². The van der Waals surface area contributed by atoms with E-state index >= 15 is 0 Å². The topological polar surface area (TPSA) is 67.2 Å². The smallest absolute Gasteiger partial charge is 0.271 e. The Hall–Kier alpha value is -1.76. The monoisotopic (exact) mass is 297 g/mol. The molecule has 20 heavy (non-hydrogen) atoms. The molecule has 1 aliphatic carbocycles. The first-order valence-electron chi connectivity index (χ1n) is 6.58. The first-order valence-corrected chi connectivity index (χ1v) is 6.98. The molecule has 0 bridgehead atoms. The van der Waals surface area contributed by atoms with E-state index in [4.69, 9.17) is 12.2 Å². The van der Waals surface area contributed by atoms with Crippen LogP contribution in [0.2, 0.25) is 0 Å². The van der Waals surface area contributed by atoms with Crippen molar-refractivity contribution in [2.24, 2.45) is 0 Å². The molecule has 2 N–H and O–H groups in total. The fraction of sp³-hybridized carbons (Fsp3) is 0.462. The molecule has 5 nitrogen and oxygen atoms in total. The van der Waals surface area contributed by atoms with Crippen molar-refractivity contribution in [2.45, 2.75) is 38.1 Å². The van der Waals surface area contributed by atoms with E-state index < -0.39 is 10.7 Å². The number of anilines is 1. The fourth-order valence-corrected chi connectivity index (χ4v) is 2.59. The maximum atomic E-state index is 13.6. The lowest BCUT2D eigenvalue weighted by molar-refractivity contribution is -0.384. The number of nitrogens with one attached hydrogen (secondary N) is 2. The summed E-state index contributed by atoms with van der Waals surface area (Å²) in [5, 5.41) is 16.8. The van der Waals surface area contributed by atoms with Gasteiger partial charge in [-0.25, -0.2) is 4.39 Å². The lowest BCUT2D eigenvalue weighted by Gasteiger charge is -2.24. The molecule has 1 aromatic rings. The number of rotatable bonds is 3. The number of thiocarbonyl (C=S) groups is 1. The average Bonchev–Trinajstić information content (AvgIpc) is 2.42. The van der Waals surface area contributed by atoms with Gasteiger partial charge in [0, 0.05) is 18.2 Å². The quantitative estimate of drug-likeness (QED) is 0.509. The van der Waals surface area contributed by atoms with E-state index in [1.165, 1.54) is 6.42 Å². The largest absolute Gasteiger partial charge is 0.360 e. The molecule has 1 fully saturated rings. The zero-order chi connectivity index (χ0) is 14.5. The second-order valence-corrected chi connectivity index (χ2v) is 5.26. The Morgan fingerprint density at radius 1 is 1.35 bits per heavy atom. The van der Waals surface area contributed by atoms with Gasteiger partial charge in [0.25, 0.3) is 5.69 Å². The molecule has 0 aliphatic heterocycles. The van der Waals surface area contributed by atoms with Crippen LogP contribution in [-0.4, -0.2) is 16.1 Å². The van der Waals surface area contributed by atoms with E-state index in [1.807, 2.05) is 0 Å². The van der Waals surface area contributed by atoms with E-state index in [0.29, 0.717) is 11.2 Å². The van der Waals surface area contributed by atoms with Crippen LogP contribution in [0, 0.1) is 15.9 Å². The summed E-state index contributed by atoms with van der Waals surface area (Å²) in [5.41, 5.74) is -0.151. The van der Waals surface area contributed by atoms with Crippen molar-refractivity contribution in [3.8, 4) is 0 Å². The highest BCUT2D eigenvalue weighted by atomic mass is 32.1. The Bertz CT molecular complexity index is 518. The van der Waals surface area contributed by atoms with Crippen molar-refractivity contribution < 1.29 is 9.31 Å². The molecule has 1 saturated carbocycles. The maximum Gasteiger partial charge on any atom is 0.271 e. The van der Waals surface area contributed by atoms with E-state index in [-0.39, 0.29) is 11.4 Å². The molecule has 0 radical (unpaired) electrons. The maximum absolute atomic E-state index is 13.6. The number of benzene rings is 1. The minimum absolute atomic E-state index is 0.0208. The number of halogens is 1. The molecule has 7 heteroatoms. The number of nitro benzene ring substituents is 1. The van der Waals surface area contributed by atoms with Crippen LogP contribution >= 0.6 is 12.2 Å². The summed E-state index contributed by atoms with van der Waals surface area (Å²) >= 11 is 5.13. The third-order valence-electron chi connectivity index (χ3n) is 3.35. The number of hydrogen-bond acceptors (Lipinski definition) is 3. The Morgan fingerprint density at radius 3 is 2.70 bits per heavy atom. The summed E-state index contributed by atoms with van der Waals surface area (Å²) in [5.74, 6) is -0.566. The number of hydrogen-bond donors (Lipinski definition) is 2. The van der Waals surface area contributed by atoms with Gasteiger partial charge in [-0.1, -0.05) is 19.3 Å². The molecule has 2 rings (SSSR count).